The molecule has 1 rings (SSSR count). The summed E-state index contributed by atoms with van der Waals surface area (Å²) in [6.45, 7) is 3.73. The number of ether oxygens (including phenoxy) is 1. The minimum absolute atomic E-state index is 0.0620. The lowest BCUT2D eigenvalue weighted by Crippen LogP contribution is -2.33. The molecule has 0 aromatic heterocycles. The summed E-state index contributed by atoms with van der Waals surface area (Å²) in [5, 5.41) is 15.0. The summed E-state index contributed by atoms with van der Waals surface area (Å²) in [6, 6.07) is 9.93. The quantitative estimate of drug-likeness (QED) is 0.442. The first-order valence-corrected chi connectivity index (χ1v) is 6.99. The molecule has 0 aliphatic heterocycles. The molecular weight excluding hydrogens is 256 g/mol. The lowest BCUT2D eigenvalue weighted by atomic mass is 10.2. The Bertz CT molecular complexity index is 371. The minimum atomic E-state index is -0.457. The number of aliphatic hydroxyl groups excluding tert-OH is 1. The summed E-state index contributed by atoms with van der Waals surface area (Å²) in [5.41, 5.74) is 1.13. The zero-order chi connectivity index (χ0) is 14.6. The predicted molar refractivity (Wildman–Crippen MR) is 78.0 cm³/mol. The van der Waals surface area contributed by atoms with Crippen LogP contribution in [0.25, 0.3) is 0 Å². The van der Waals surface area contributed by atoms with Crippen molar-refractivity contribution in [3.63, 3.8) is 0 Å². The van der Waals surface area contributed by atoms with Crippen molar-refractivity contribution < 1.29 is 14.6 Å². The second-order valence-electron chi connectivity index (χ2n) is 4.59. The molecule has 20 heavy (non-hydrogen) atoms. The third kappa shape index (κ3) is 7.89. The summed E-state index contributed by atoms with van der Waals surface area (Å²) in [6.07, 6.45) is 0.567. The number of hydrogen-bond acceptors (Lipinski definition) is 4. The van der Waals surface area contributed by atoms with Gasteiger partial charge in [0, 0.05) is 19.5 Å². The first-order chi connectivity index (χ1) is 9.72. The van der Waals surface area contributed by atoms with Gasteiger partial charge >= 0.3 is 0 Å². The van der Waals surface area contributed by atoms with Crippen molar-refractivity contribution in [2.24, 2.45) is 0 Å². The standard InChI is InChI=1S/C15H24N2O3/c1-2-14(18)10-17-15(19)8-9-16-12-20-11-13-6-4-3-5-7-13/h3-7,14,16,18H,2,8-12H2,1H3,(H,17,19). The van der Waals surface area contributed by atoms with Gasteiger partial charge in [-0.05, 0) is 12.0 Å². The van der Waals surface area contributed by atoms with E-state index in [1.807, 2.05) is 37.3 Å². The molecule has 0 saturated heterocycles. The van der Waals surface area contributed by atoms with Crippen LogP contribution < -0.4 is 10.6 Å². The fraction of sp³-hybridized carbons (Fsp3) is 0.533. The fourth-order valence-electron chi connectivity index (χ4n) is 1.55. The van der Waals surface area contributed by atoms with Gasteiger partial charge in [-0.1, -0.05) is 37.3 Å². The number of hydrogen-bond donors (Lipinski definition) is 3. The first-order valence-electron chi connectivity index (χ1n) is 6.99. The topological polar surface area (TPSA) is 70.6 Å². The van der Waals surface area contributed by atoms with E-state index < -0.39 is 6.10 Å². The lowest BCUT2D eigenvalue weighted by molar-refractivity contribution is -0.121. The summed E-state index contributed by atoms with van der Waals surface area (Å²) in [4.78, 5) is 11.4. The summed E-state index contributed by atoms with van der Waals surface area (Å²) >= 11 is 0. The highest BCUT2D eigenvalue weighted by Crippen LogP contribution is 1.99. The molecule has 3 N–H and O–H groups in total. The number of carbonyl (C=O) groups is 1. The Morgan fingerprint density at radius 1 is 1.35 bits per heavy atom. The second-order valence-corrected chi connectivity index (χ2v) is 4.59. The van der Waals surface area contributed by atoms with E-state index in [2.05, 4.69) is 10.6 Å². The number of nitrogens with one attached hydrogen (secondary N) is 2. The van der Waals surface area contributed by atoms with Gasteiger partial charge in [-0.15, -0.1) is 0 Å². The van der Waals surface area contributed by atoms with Crippen molar-refractivity contribution in [1.82, 2.24) is 10.6 Å². The Labute approximate surface area is 120 Å². The molecule has 0 spiro atoms. The Balaban J connectivity index is 1.95. The monoisotopic (exact) mass is 280 g/mol. The van der Waals surface area contributed by atoms with Crippen LogP contribution in [0.15, 0.2) is 30.3 Å². The van der Waals surface area contributed by atoms with Gasteiger partial charge in [0.05, 0.1) is 19.4 Å². The first kappa shape index (κ1) is 16.6. The second kappa shape index (κ2) is 10.4. The van der Waals surface area contributed by atoms with Crippen molar-refractivity contribution in [2.75, 3.05) is 19.8 Å². The molecule has 1 atom stereocenters. The molecular formula is C15H24N2O3. The van der Waals surface area contributed by atoms with Gasteiger partial charge in [0.15, 0.2) is 0 Å². The maximum Gasteiger partial charge on any atom is 0.221 e. The van der Waals surface area contributed by atoms with Gasteiger partial charge in [0.2, 0.25) is 5.91 Å². The minimum Gasteiger partial charge on any atom is -0.391 e. The van der Waals surface area contributed by atoms with Crippen molar-refractivity contribution in [3.05, 3.63) is 35.9 Å². The van der Waals surface area contributed by atoms with Crippen LogP contribution in [0.1, 0.15) is 25.3 Å². The van der Waals surface area contributed by atoms with Crippen LogP contribution in [-0.4, -0.2) is 36.9 Å². The Morgan fingerprint density at radius 3 is 2.80 bits per heavy atom. The largest absolute Gasteiger partial charge is 0.391 e. The van der Waals surface area contributed by atoms with Gasteiger partial charge in [-0.2, -0.15) is 0 Å². The number of aliphatic hydroxyl groups is 1. The Kier molecular flexibility index (Phi) is 8.62. The maximum atomic E-state index is 11.4. The van der Waals surface area contributed by atoms with Crippen LogP contribution in [0.3, 0.4) is 0 Å². The molecule has 1 amide bonds. The van der Waals surface area contributed by atoms with E-state index in [1.54, 1.807) is 0 Å². The lowest BCUT2D eigenvalue weighted by Gasteiger charge is -2.10. The molecule has 112 valence electrons. The summed E-state index contributed by atoms with van der Waals surface area (Å²) < 4.78 is 5.43. The average molecular weight is 280 g/mol. The number of carbonyl (C=O) groups excluding carboxylic acids is 1. The highest BCUT2D eigenvalue weighted by Gasteiger charge is 2.04. The van der Waals surface area contributed by atoms with Crippen LogP contribution in [0, 0.1) is 0 Å². The molecule has 5 heteroatoms. The number of benzene rings is 1. The van der Waals surface area contributed by atoms with Gasteiger partial charge in [0.1, 0.15) is 0 Å². The van der Waals surface area contributed by atoms with E-state index in [-0.39, 0.29) is 5.91 Å². The third-order valence-corrected chi connectivity index (χ3v) is 2.85. The van der Waals surface area contributed by atoms with E-state index >= 15 is 0 Å². The zero-order valence-electron chi connectivity index (χ0n) is 12.0. The Hall–Kier alpha value is -1.43. The molecule has 0 bridgehead atoms. The van der Waals surface area contributed by atoms with E-state index in [4.69, 9.17) is 4.74 Å². The number of rotatable bonds is 10. The molecule has 0 fully saturated rings. The van der Waals surface area contributed by atoms with E-state index in [0.29, 0.717) is 39.3 Å². The van der Waals surface area contributed by atoms with E-state index in [1.165, 1.54) is 0 Å². The smallest absolute Gasteiger partial charge is 0.221 e. The summed E-state index contributed by atoms with van der Waals surface area (Å²) in [7, 11) is 0. The van der Waals surface area contributed by atoms with Crippen LogP contribution >= 0.6 is 0 Å². The van der Waals surface area contributed by atoms with E-state index in [9.17, 15) is 9.90 Å². The molecule has 0 heterocycles. The Morgan fingerprint density at radius 2 is 2.10 bits per heavy atom. The highest BCUT2D eigenvalue weighted by molar-refractivity contribution is 5.76. The zero-order valence-corrected chi connectivity index (χ0v) is 12.0. The summed E-state index contributed by atoms with van der Waals surface area (Å²) in [5.74, 6) is -0.0620. The molecule has 5 nitrogen and oxygen atoms in total. The van der Waals surface area contributed by atoms with Crippen molar-refractivity contribution in [3.8, 4) is 0 Å². The molecule has 1 aromatic rings. The van der Waals surface area contributed by atoms with Gasteiger partial charge in [0.25, 0.3) is 0 Å². The SMILES string of the molecule is CCC(O)CNC(=O)CCNCOCc1ccccc1. The predicted octanol–water partition coefficient (Wildman–Crippen LogP) is 1.03. The van der Waals surface area contributed by atoms with Crippen LogP contribution in [0.2, 0.25) is 0 Å². The molecule has 0 aliphatic carbocycles. The molecule has 1 unspecified atom stereocenters. The average Bonchev–Trinajstić information content (AvgIpc) is 2.49. The van der Waals surface area contributed by atoms with Crippen LogP contribution in [-0.2, 0) is 16.1 Å². The van der Waals surface area contributed by atoms with Crippen molar-refractivity contribution >= 4 is 5.91 Å². The van der Waals surface area contributed by atoms with Crippen LogP contribution in [0.4, 0.5) is 0 Å². The third-order valence-electron chi connectivity index (χ3n) is 2.85. The number of amides is 1. The van der Waals surface area contributed by atoms with Crippen molar-refractivity contribution in [1.29, 1.82) is 0 Å². The van der Waals surface area contributed by atoms with Crippen molar-refractivity contribution in [2.45, 2.75) is 32.5 Å². The molecule has 0 saturated carbocycles. The van der Waals surface area contributed by atoms with Gasteiger partial charge in [-0.3, -0.25) is 10.1 Å². The van der Waals surface area contributed by atoms with Gasteiger partial charge in [-0.25, -0.2) is 0 Å². The molecule has 0 radical (unpaired) electrons. The van der Waals surface area contributed by atoms with Crippen LogP contribution in [0.5, 0.6) is 0 Å². The highest BCUT2D eigenvalue weighted by atomic mass is 16.5. The normalized spacial score (nSPS) is 12.1. The van der Waals surface area contributed by atoms with Gasteiger partial charge < -0.3 is 15.2 Å². The van der Waals surface area contributed by atoms with E-state index in [0.717, 1.165) is 5.56 Å². The molecule has 1 aromatic carbocycles. The molecule has 0 aliphatic rings. The maximum absolute atomic E-state index is 11.4. The fourth-order valence-corrected chi connectivity index (χ4v) is 1.55.